The molecule has 0 unspecified atom stereocenters. The minimum absolute atomic E-state index is 0.0369. The van der Waals surface area contributed by atoms with Gasteiger partial charge in [-0.1, -0.05) is 44.2 Å². The monoisotopic (exact) mass is 263 g/mol. The van der Waals surface area contributed by atoms with Gasteiger partial charge in [-0.05, 0) is 18.4 Å². The molecule has 0 fully saturated rings. The summed E-state index contributed by atoms with van der Waals surface area (Å²) in [5, 5.41) is 5.29. The molecule has 0 saturated carbocycles. The largest absolute Gasteiger partial charge is 0.351 e. The van der Waals surface area contributed by atoms with Gasteiger partial charge in [-0.15, -0.1) is 0 Å². The van der Waals surface area contributed by atoms with E-state index in [1.807, 2.05) is 30.3 Å². The number of nitrogens with two attached hydrogens (primary N) is 1. The molecule has 1 aromatic rings. The first kappa shape index (κ1) is 15.2. The Bertz CT molecular complexity index is 432. The van der Waals surface area contributed by atoms with E-state index in [1.54, 1.807) is 6.92 Å². The van der Waals surface area contributed by atoms with Crippen molar-refractivity contribution in [3.05, 3.63) is 35.9 Å². The van der Waals surface area contributed by atoms with Crippen LogP contribution in [-0.4, -0.2) is 18.0 Å². The number of amides is 3. The summed E-state index contributed by atoms with van der Waals surface area (Å²) in [5.41, 5.74) is 6.04. The SMILES string of the molecule is CC(C)[C@H](N[C@@H](C)C(=O)NC(N)=O)c1ccccc1. The van der Waals surface area contributed by atoms with Crippen molar-refractivity contribution < 1.29 is 9.59 Å². The van der Waals surface area contributed by atoms with Gasteiger partial charge in [0.15, 0.2) is 0 Å². The molecule has 1 rings (SSSR count). The minimum atomic E-state index is -0.834. The average Bonchev–Trinajstić information content (AvgIpc) is 2.35. The number of carbonyl (C=O) groups is 2. The van der Waals surface area contributed by atoms with Gasteiger partial charge in [-0.3, -0.25) is 15.4 Å². The summed E-state index contributed by atoms with van der Waals surface area (Å²) in [6.07, 6.45) is 0. The van der Waals surface area contributed by atoms with Crippen LogP contribution in [0.3, 0.4) is 0 Å². The fourth-order valence-electron chi connectivity index (χ4n) is 1.91. The highest BCUT2D eigenvalue weighted by atomic mass is 16.2. The Morgan fingerprint density at radius 2 is 1.68 bits per heavy atom. The molecule has 3 amide bonds. The zero-order valence-electron chi connectivity index (χ0n) is 11.5. The molecule has 1 aromatic carbocycles. The van der Waals surface area contributed by atoms with Crippen LogP contribution in [0, 0.1) is 5.92 Å². The van der Waals surface area contributed by atoms with Gasteiger partial charge in [0, 0.05) is 6.04 Å². The summed E-state index contributed by atoms with van der Waals surface area (Å²) in [4.78, 5) is 22.3. The fourth-order valence-corrected chi connectivity index (χ4v) is 1.91. The summed E-state index contributed by atoms with van der Waals surface area (Å²) < 4.78 is 0. The lowest BCUT2D eigenvalue weighted by Gasteiger charge is -2.26. The maximum atomic E-state index is 11.7. The lowest BCUT2D eigenvalue weighted by molar-refractivity contribution is -0.121. The minimum Gasteiger partial charge on any atom is -0.351 e. The van der Waals surface area contributed by atoms with Gasteiger partial charge < -0.3 is 5.73 Å². The number of rotatable bonds is 5. The van der Waals surface area contributed by atoms with E-state index in [2.05, 4.69) is 24.5 Å². The molecule has 0 spiro atoms. The van der Waals surface area contributed by atoms with Gasteiger partial charge >= 0.3 is 6.03 Å². The first-order valence-electron chi connectivity index (χ1n) is 6.33. The molecule has 0 aromatic heterocycles. The molecule has 19 heavy (non-hydrogen) atoms. The molecule has 5 heteroatoms. The van der Waals surface area contributed by atoms with Gasteiger partial charge in [0.2, 0.25) is 5.91 Å². The molecular weight excluding hydrogens is 242 g/mol. The molecule has 0 heterocycles. The molecule has 5 nitrogen and oxygen atoms in total. The number of nitrogens with one attached hydrogen (secondary N) is 2. The number of urea groups is 1. The number of hydrogen-bond donors (Lipinski definition) is 3. The van der Waals surface area contributed by atoms with Gasteiger partial charge in [0.25, 0.3) is 0 Å². The van der Waals surface area contributed by atoms with Crippen molar-refractivity contribution in [1.82, 2.24) is 10.6 Å². The van der Waals surface area contributed by atoms with Crippen molar-refractivity contribution >= 4 is 11.9 Å². The van der Waals surface area contributed by atoms with E-state index >= 15 is 0 Å². The standard InChI is InChI=1S/C14H21N3O2/c1-9(2)12(11-7-5-4-6-8-11)16-10(3)13(18)17-14(15)19/h4-10,12,16H,1-3H3,(H3,15,17,18,19)/t10-,12-/m0/s1. The molecule has 0 bridgehead atoms. The maximum absolute atomic E-state index is 11.7. The maximum Gasteiger partial charge on any atom is 0.318 e. The first-order valence-corrected chi connectivity index (χ1v) is 6.33. The van der Waals surface area contributed by atoms with Crippen molar-refractivity contribution in [3.63, 3.8) is 0 Å². The zero-order chi connectivity index (χ0) is 14.4. The van der Waals surface area contributed by atoms with E-state index in [1.165, 1.54) is 0 Å². The normalized spacial score (nSPS) is 13.9. The van der Waals surface area contributed by atoms with Gasteiger partial charge in [0.1, 0.15) is 0 Å². The van der Waals surface area contributed by atoms with Crippen molar-refractivity contribution in [1.29, 1.82) is 0 Å². The summed E-state index contributed by atoms with van der Waals surface area (Å²) in [6, 6.07) is 8.59. The van der Waals surface area contributed by atoms with E-state index in [4.69, 9.17) is 5.73 Å². The molecule has 104 valence electrons. The fraction of sp³-hybridized carbons (Fsp3) is 0.429. The number of carbonyl (C=O) groups excluding carboxylic acids is 2. The molecule has 0 aliphatic rings. The summed E-state index contributed by atoms with van der Waals surface area (Å²) >= 11 is 0. The number of primary amides is 1. The first-order chi connectivity index (χ1) is 8.91. The summed E-state index contributed by atoms with van der Waals surface area (Å²) in [5.74, 6) is -0.111. The Balaban J connectivity index is 2.75. The van der Waals surface area contributed by atoms with Crippen LogP contribution in [0.2, 0.25) is 0 Å². The van der Waals surface area contributed by atoms with Crippen molar-refractivity contribution in [2.45, 2.75) is 32.9 Å². The Hall–Kier alpha value is -1.88. The van der Waals surface area contributed by atoms with Crippen LogP contribution < -0.4 is 16.4 Å². The lowest BCUT2D eigenvalue weighted by atomic mass is 9.95. The van der Waals surface area contributed by atoms with E-state index in [9.17, 15) is 9.59 Å². The second-order valence-electron chi connectivity index (χ2n) is 4.87. The molecule has 2 atom stereocenters. The van der Waals surface area contributed by atoms with E-state index in [0.29, 0.717) is 5.92 Å². The third-order valence-corrected chi connectivity index (χ3v) is 2.89. The van der Waals surface area contributed by atoms with Crippen LogP contribution in [-0.2, 0) is 4.79 Å². The third kappa shape index (κ3) is 4.71. The van der Waals surface area contributed by atoms with Crippen LogP contribution in [0.4, 0.5) is 4.79 Å². The van der Waals surface area contributed by atoms with Crippen molar-refractivity contribution in [2.75, 3.05) is 0 Å². The third-order valence-electron chi connectivity index (χ3n) is 2.89. The molecular formula is C14H21N3O2. The Labute approximate surface area is 113 Å². The predicted octanol–water partition coefficient (Wildman–Crippen LogP) is 1.56. The Morgan fingerprint density at radius 1 is 1.11 bits per heavy atom. The second kappa shape index (κ2) is 6.89. The Kier molecular flexibility index (Phi) is 5.51. The molecule has 0 radical (unpaired) electrons. The number of imide groups is 1. The molecule has 4 N–H and O–H groups in total. The topological polar surface area (TPSA) is 84.2 Å². The number of benzene rings is 1. The smallest absolute Gasteiger partial charge is 0.318 e. The van der Waals surface area contributed by atoms with Gasteiger partial charge in [-0.25, -0.2) is 4.79 Å². The van der Waals surface area contributed by atoms with E-state index in [-0.39, 0.29) is 6.04 Å². The van der Waals surface area contributed by atoms with E-state index in [0.717, 1.165) is 5.56 Å². The number of hydrogen-bond acceptors (Lipinski definition) is 3. The molecule has 0 aliphatic heterocycles. The predicted molar refractivity (Wildman–Crippen MR) is 74.3 cm³/mol. The average molecular weight is 263 g/mol. The van der Waals surface area contributed by atoms with Crippen LogP contribution in [0.15, 0.2) is 30.3 Å². The van der Waals surface area contributed by atoms with Gasteiger partial charge in [-0.2, -0.15) is 0 Å². The summed E-state index contributed by atoms with van der Waals surface area (Å²) in [7, 11) is 0. The van der Waals surface area contributed by atoms with Crippen LogP contribution in [0.25, 0.3) is 0 Å². The van der Waals surface area contributed by atoms with Crippen molar-refractivity contribution in [2.24, 2.45) is 11.7 Å². The van der Waals surface area contributed by atoms with E-state index < -0.39 is 18.0 Å². The van der Waals surface area contributed by atoms with Crippen molar-refractivity contribution in [3.8, 4) is 0 Å². The second-order valence-corrected chi connectivity index (χ2v) is 4.87. The molecule has 0 aliphatic carbocycles. The Morgan fingerprint density at radius 3 is 2.16 bits per heavy atom. The lowest BCUT2D eigenvalue weighted by Crippen LogP contribution is -2.48. The van der Waals surface area contributed by atoms with Crippen LogP contribution in [0.1, 0.15) is 32.4 Å². The highest BCUT2D eigenvalue weighted by Crippen LogP contribution is 2.21. The van der Waals surface area contributed by atoms with Crippen LogP contribution in [0.5, 0.6) is 0 Å². The van der Waals surface area contributed by atoms with Crippen LogP contribution >= 0.6 is 0 Å². The quantitative estimate of drug-likeness (QED) is 0.753. The molecule has 0 saturated heterocycles. The zero-order valence-corrected chi connectivity index (χ0v) is 11.5. The van der Waals surface area contributed by atoms with Gasteiger partial charge in [0.05, 0.1) is 6.04 Å². The highest BCUT2D eigenvalue weighted by Gasteiger charge is 2.22. The summed E-state index contributed by atoms with van der Waals surface area (Å²) in [6.45, 7) is 5.85. The highest BCUT2D eigenvalue weighted by molar-refractivity contribution is 5.96.